The van der Waals surface area contributed by atoms with Crippen molar-refractivity contribution in [1.29, 1.82) is 0 Å². The van der Waals surface area contributed by atoms with E-state index in [1.807, 2.05) is 0 Å². The summed E-state index contributed by atoms with van der Waals surface area (Å²) < 4.78 is 0. The molecule has 0 amide bonds. The van der Waals surface area contributed by atoms with Crippen molar-refractivity contribution in [2.75, 3.05) is 0 Å². The molecule has 0 saturated carbocycles. The first-order valence-electron chi connectivity index (χ1n) is 4.19. The summed E-state index contributed by atoms with van der Waals surface area (Å²) in [6.07, 6.45) is 5.24. The van der Waals surface area contributed by atoms with Crippen LogP contribution in [-0.2, 0) is 4.79 Å². The second-order valence-electron chi connectivity index (χ2n) is 3.28. The molecule has 1 unspecified atom stereocenters. The lowest BCUT2D eigenvalue weighted by Gasteiger charge is -2.19. The zero-order valence-corrected chi connectivity index (χ0v) is 8.24. The van der Waals surface area contributed by atoms with Gasteiger partial charge in [-0.15, -0.1) is 0 Å². The van der Waals surface area contributed by atoms with E-state index in [0.717, 1.165) is 5.57 Å². The number of allylic oxidation sites excluding steroid dienone is 1. The summed E-state index contributed by atoms with van der Waals surface area (Å²) in [5, 5.41) is 16.5. The molecule has 4 nitrogen and oxygen atoms in total. The average molecular weight is 218 g/mol. The molecule has 4 N–H and O–H groups in total. The van der Waals surface area contributed by atoms with E-state index in [-0.39, 0.29) is 12.8 Å². The second-order valence-corrected chi connectivity index (χ2v) is 3.94. The summed E-state index contributed by atoms with van der Waals surface area (Å²) >= 11 is 5.61. The molecule has 78 valence electrons. The Kier molecular flexibility index (Phi) is 3.31. The highest BCUT2D eigenvalue weighted by molar-refractivity contribution is 6.24. The van der Waals surface area contributed by atoms with Crippen molar-refractivity contribution in [3.05, 3.63) is 23.8 Å². The Bertz CT molecular complexity index is 296. The maximum atomic E-state index is 10.4. The van der Waals surface area contributed by atoms with Gasteiger partial charge >= 0.3 is 5.97 Å². The number of carbonyl (C=O) groups is 1. The minimum absolute atomic E-state index is 0.249. The van der Waals surface area contributed by atoms with Crippen LogP contribution in [0.5, 0.6) is 0 Å². The van der Waals surface area contributed by atoms with Gasteiger partial charge < -0.3 is 15.9 Å². The van der Waals surface area contributed by atoms with Gasteiger partial charge in [0, 0.05) is 6.42 Å². The molecule has 14 heavy (non-hydrogen) atoms. The third-order valence-corrected chi connectivity index (χ3v) is 2.26. The monoisotopic (exact) mass is 217 g/mol. The summed E-state index contributed by atoms with van der Waals surface area (Å²) in [7, 11) is 0. The standard InChI is InChI=1S/C9H12ClNO3/c10-9(14)3-1-6(2-4-9)5-7(11)8(12)13/h1-3,7,14H,4-5,11H2,(H,12,13)/t7-,9?/m0/s1. The van der Waals surface area contributed by atoms with E-state index in [2.05, 4.69) is 0 Å². The molecule has 5 heteroatoms. The number of rotatable bonds is 3. The fraction of sp³-hybridized carbons (Fsp3) is 0.444. The summed E-state index contributed by atoms with van der Waals surface area (Å²) in [6.45, 7) is 0. The fourth-order valence-corrected chi connectivity index (χ4v) is 1.28. The molecule has 0 aliphatic heterocycles. The predicted molar refractivity (Wildman–Crippen MR) is 52.9 cm³/mol. The topological polar surface area (TPSA) is 83.5 Å². The Balaban J connectivity index is 2.54. The van der Waals surface area contributed by atoms with Crippen molar-refractivity contribution in [3.63, 3.8) is 0 Å². The summed E-state index contributed by atoms with van der Waals surface area (Å²) in [5.74, 6) is -1.04. The van der Waals surface area contributed by atoms with Gasteiger partial charge in [0.05, 0.1) is 0 Å². The van der Waals surface area contributed by atoms with Crippen molar-refractivity contribution in [3.8, 4) is 0 Å². The number of halogens is 1. The third kappa shape index (κ3) is 3.14. The molecule has 0 spiro atoms. The molecule has 0 radical (unpaired) electrons. The first-order valence-corrected chi connectivity index (χ1v) is 4.56. The first-order chi connectivity index (χ1) is 6.41. The summed E-state index contributed by atoms with van der Waals surface area (Å²) in [5.41, 5.74) is 6.13. The van der Waals surface area contributed by atoms with Gasteiger partial charge in [-0.3, -0.25) is 4.79 Å². The molecule has 0 fully saturated rings. The number of aliphatic carboxylic acids is 1. The summed E-state index contributed by atoms with van der Waals surface area (Å²) in [4.78, 5) is 10.4. The molecule has 0 aromatic carbocycles. The smallest absolute Gasteiger partial charge is 0.320 e. The van der Waals surface area contributed by atoms with Crippen LogP contribution in [0.4, 0.5) is 0 Å². The Morgan fingerprint density at radius 3 is 2.86 bits per heavy atom. The molecule has 0 aromatic rings. The summed E-state index contributed by atoms with van der Waals surface area (Å²) in [6, 6.07) is -0.910. The van der Waals surface area contributed by atoms with Gasteiger partial charge in [-0.05, 0) is 18.1 Å². The minimum atomic E-state index is -1.34. The molecule has 1 rings (SSSR count). The highest BCUT2D eigenvalue weighted by Gasteiger charge is 2.22. The van der Waals surface area contributed by atoms with Crippen molar-refractivity contribution in [2.45, 2.75) is 23.9 Å². The number of aliphatic hydroxyl groups is 1. The Morgan fingerprint density at radius 2 is 2.43 bits per heavy atom. The van der Waals surface area contributed by atoms with Crippen LogP contribution in [0.2, 0.25) is 0 Å². The van der Waals surface area contributed by atoms with Crippen LogP contribution in [0.15, 0.2) is 23.8 Å². The van der Waals surface area contributed by atoms with Gasteiger partial charge in [0.2, 0.25) is 0 Å². The molecule has 1 aliphatic carbocycles. The van der Waals surface area contributed by atoms with Crippen LogP contribution in [0.1, 0.15) is 12.8 Å². The number of carboxylic acids is 1. The largest absolute Gasteiger partial charge is 0.480 e. The van der Waals surface area contributed by atoms with Crippen molar-refractivity contribution >= 4 is 17.6 Å². The quantitative estimate of drug-likeness (QED) is 0.605. The van der Waals surface area contributed by atoms with Crippen molar-refractivity contribution in [2.24, 2.45) is 5.73 Å². The molecule has 0 saturated heterocycles. The second kappa shape index (κ2) is 4.13. The molecule has 2 atom stereocenters. The Hall–Kier alpha value is -0.840. The highest BCUT2D eigenvalue weighted by Crippen LogP contribution is 2.26. The van der Waals surface area contributed by atoms with Crippen LogP contribution in [0.3, 0.4) is 0 Å². The van der Waals surface area contributed by atoms with E-state index in [1.54, 1.807) is 12.2 Å². The lowest BCUT2D eigenvalue weighted by molar-refractivity contribution is -0.138. The fourth-order valence-electron chi connectivity index (χ4n) is 1.14. The van der Waals surface area contributed by atoms with Gasteiger partial charge in [0.25, 0.3) is 0 Å². The highest BCUT2D eigenvalue weighted by atomic mass is 35.5. The zero-order chi connectivity index (χ0) is 10.8. The molecular formula is C9H12ClNO3. The SMILES string of the molecule is N[C@@H](CC1=CCC(O)(Cl)C=C1)C(=O)O. The van der Waals surface area contributed by atoms with Crippen molar-refractivity contribution < 1.29 is 15.0 Å². The van der Waals surface area contributed by atoms with E-state index in [9.17, 15) is 9.90 Å². The van der Waals surface area contributed by atoms with Crippen LogP contribution in [0, 0.1) is 0 Å². The number of alkyl halides is 1. The van der Waals surface area contributed by atoms with Gasteiger partial charge in [0.1, 0.15) is 6.04 Å². The van der Waals surface area contributed by atoms with E-state index >= 15 is 0 Å². The lowest BCUT2D eigenvalue weighted by atomic mass is 9.99. The maximum absolute atomic E-state index is 10.4. The van der Waals surface area contributed by atoms with Gasteiger partial charge in [-0.2, -0.15) is 0 Å². The van der Waals surface area contributed by atoms with Gasteiger partial charge in [0.15, 0.2) is 5.06 Å². The van der Waals surface area contributed by atoms with Crippen molar-refractivity contribution in [1.82, 2.24) is 0 Å². The normalized spacial score (nSPS) is 28.4. The van der Waals surface area contributed by atoms with E-state index < -0.39 is 17.1 Å². The Morgan fingerprint density at radius 1 is 1.79 bits per heavy atom. The average Bonchev–Trinajstić information content (AvgIpc) is 2.08. The predicted octanol–water partition coefficient (Wildman–Crippen LogP) is 0.602. The molecule has 0 bridgehead atoms. The van der Waals surface area contributed by atoms with Gasteiger partial charge in [-0.25, -0.2) is 0 Å². The molecule has 1 aliphatic rings. The van der Waals surface area contributed by atoms with Crippen LogP contribution in [0.25, 0.3) is 0 Å². The van der Waals surface area contributed by atoms with Crippen LogP contribution in [-0.4, -0.2) is 27.3 Å². The van der Waals surface area contributed by atoms with E-state index in [0.29, 0.717) is 0 Å². The van der Waals surface area contributed by atoms with Gasteiger partial charge in [-0.1, -0.05) is 23.8 Å². The Labute approximate surface area is 86.7 Å². The zero-order valence-electron chi connectivity index (χ0n) is 7.48. The minimum Gasteiger partial charge on any atom is -0.480 e. The van der Waals surface area contributed by atoms with Crippen LogP contribution < -0.4 is 5.73 Å². The van der Waals surface area contributed by atoms with E-state index in [1.165, 1.54) is 6.08 Å². The number of nitrogens with two attached hydrogens (primary N) is 1. The number of carboxylic acid groups (broad SMARTS) is 1. The first kappa shape index (κ1) is 11.2. The maximum Gasteiger partial charge on any atom is 0.320 e. The molecule has 0 heterocycles. The third-order valence-electron chi connectivity index (χ3n) is 1.98. The molecule has 0 aromatic heterocycles. The lowest BCUT2D eigenvalue weighted by Crippen LogP contribution is -2.30. The number of hydrogen-bond acceptors (Lipinski definition) is 3. The van der Waals surface area contributed by atoms with Crippen LogP contribution >= 0.6 is 11.6 Å². The molecular weight excluding hydrogens is 206 g/mol. The number of hydrogen-bond donors (Lipinski definition) is 3. The van der Waals surface area contributed by atoms with E-state index in [4.69, 9.17) is 22.4 Å².